The molecule has 1 heterocycles. The fourth-order valence-corrected chi connectivity index (χ4v) is 6.37. The van der Waals surface area contributed by atoms with Gasteiger partial charge in [-0.05, 0) is 62.3 Å². The van der Waals surface area contributed by atoms with Gasteiger partial charge in [-0.3, -0.25) is 4.79 Å². The minimum Gasteiger partial charge on any atom is -0.340 e. The summed E-state index contributed by atoms with van der Waals surface area (Å²) >= 11 is 1.63. The number of nitrogens with one attached hydrogen (secondary N) is 1. The molecule has 1 saturated heterocycles. The maximum Gasteiger partial charge on any atom is 0.241 e. The summed E-state index contributed by atoms with van der Waals surface area (Å²) < 4.78 is 28.4. The number of hydrogen-bond donors (Lipinski definition) is 1. The molecule has 31 heavy (non-hydrogen) atoms. The molecule has 1 aromatic rings. The molecule has 174 valence electrons. The SMILES string of the molecule is CSCCC(NS(=O)(=O)c1ccccc1)C(=O)N1CCCN(CC2CCCCC2)CC1. The smallest absolute Gasteiger partial charge is 0.241 e. The lowest BCUT2D eigenvalue weighted by Crippen LogP contribution is -2.49. The maximum atomic E-state index is 13.3. The van der Waals surface area contributed by atoms with Crippen LogP contribution in [-0.2, 0) is 14.8 Å². The quantitative estimate of drug-likeness (QED) is 0.604. The van der Waals surface area contributed by atoms with Crippen LogP contribution in [0.2, 0.25) is 0 Å². The second-order valence-electron chi connectivity index (χ2n) is 8.75. The van der Waals surface area contributed by atoms with E-state index in [9.17, 15) is 13.2 Å². The van der Waals surface area contributed by atoms with Crippen LogP contribution in [0, 0.1) is 5.92 Å². The molecular formula is C23H37N3O3S2. The third-order valence-electron chi connectivity index (χ3n) is 6.40. The van der Waals surface area contributed by atoms with Crippen LogP contribution in [0.4, 0.5) is 0 Å². The molecule has 8 heteroatoms. The van der Waals surface area contributed by atoms with Gasteiger partial charge in [0.25, 0.3) is 0 Å². The Kier molecular flexibility index (Phi) is 9.69. The third-order valence-corrected chi connectivity index (χ3v) is 8.53. The van der Waals surface area contributed by atoms with Gasteiger partial charge in [-0.2, -0.15) is 16.5 Å². The summed E-state index contributed by atoms with van der Waals surface area (Å²) in [6.07, 6.45) is 10.1. The monoisotopic (exact) mass is 467 g/mol. The van der Waals surface area contributed by atoms with Crippen LogP contribution >= 0.6 is 11.8 Å². The van der Waals surface area contributed by atoms with E-state index in [0.29, 0.717) is 19.5 Å². The highest BCUT2D eigenvalue weighted by Gasteiger charge is 2.30. The molecule has 0 aromatic heterocycles. The van der Waals surface area contributed by atoms with Crippen LogP contribution < -0.4 is 4.72 Å². The minimum absolute atomic E-state index is 0.0897. The van der Waals surface area contributed by atoms with E-state index in [1.165, 1.54) is 32.1 Å². The normalized spacial score (nSPS) is 20.4. The maximum absolute atomic E-state index is 13.3. The fourth-order valence-electron chi connectivity index (χ4n) is 4.65. The molecular weight excluding hydrogens is 430 g/mol. The van der Waals surface area contributed by atoms with E-state index in [-0.39, 0.29) is 10.8 Å². The second-order valence-corrected chi connectivity index (χ2v) is 11.5. The number of nitrogens with zero attached hydrogens (tertiary/aromatic N) is 2. The van der Waals surface area contributed by atoms with Crippen molar-refractivity contribution >= 4 is 27.7 Å². The van der Waals surface area contributed by atoms with Gasteiger partial charge in [-0.1, -0.05) is 37.5 Å². The van der Waals surface area contributed by atoms with Crippen molar-refractivity contribution in [2.24, 2.45) is 5.92 Å². The molecule has 0 bridgehead atoms. The van der Waals surface area contributed by atoms with Crippen molar-refractivity contribution in [3.8, 4) is 0 Å². The van der Waals surface area contributed by atoms with E-state index in [0.717, 1.165) is 37.7 Å². The molecule has 2 fully saturated rings. The summed E-state index contributed by atoms with van der Waals surface area (Å²) in [6, 6.07) is 7.58. The Balaban J connectivity index is 1.61. The lowest BCUT2D eigenvalue weighted by Gasteiger charge is -2.29. The second kappa shape index (κ2) is 12.2. The molecule has 1 amide bonds. The number of amides is 1. The Bertz CT molecular complexity index is 783. The zero-order valence-electron chi connectivity index (χ0n) is 18.7. The van der Waals surface area contributed by atoms with Gasteiger partial charge in [0.05, 0.1) is 4.90 Å². The summed E-state index contributed by atoms with van der Waals surface area (Å²) in [6.45, 7) is 4.41. The summed E-state index contributed by atoms with van der Waals surface area (Å²) in [5.41, 5.74) is 0. The highest BCUT2D eigenvalue weighted by Crippen LogP contribution is 2.25. The lowest BCUT2D eigenvalue weighted by molar-refractivity contribution is -0.132. The molecule has 0 radical (unpaired) electrons. The van der Waals surface area contributed by atoms with Crippen LogP contribution in [0.25, 0.3) is 0 Å². The number of rotatable bonds is 9. The first-order chi connectivity index (χ1) is 15.0. The van der Waals surface area contributed by atoms with Crippen molar-refractivity contribution in [3.63, 3.8) is 0 Å². The Labute approximate surface area is 192 Å². The van der Waals surface area contributed by atoms with Crippen LogP contribution in [0.15, 0.2) is 35.2 Å². The van der Waals surface area contributed by atoms with E-state index in [4.69, 9.17) is 0 Å². The third kappa shape index (κ3) is 7.48. The van der Waals surface area contributed by atoms with Crippen LogP contribution in [0.1, 0.15) is 44.9 Å². The molecule has 1 atom stereocenters. The van der Waals surface area contributed by atoms with Crippen molar-refractivity contribution in [1.82, 2.24) is 14.5 Å². The van der Waals surface area contributed by atoms with E-state index in [2.05, 4.69) is 9.62 Å². The number of thioether (sulfide) groups is 1. The Morgan fingerprint density at radius 1 is 1.06 bits per heavy atom. The average molecular weight is 468 g/mol. The predicted molar refractivity (Wildman–Crippen MR) is 128 cm³/mol. The van der Waals surface area contributed by atoms with Gasteiger partial charge in [-0.15, -0.1) is 0 Å². The number of sulfonamides is 1. The summed E-state index contributed by atoms with van der Waals surface area (Å²) in [5, 5.41) is 0. The first-order valence-electron chi connectivity index (χ1n) is 11.6. The largest absolute Gasteiger partial charge is 0.340 e. The molecule has 2 aliphatic rings. The van der Waals surface area contributed by atoms with Gasteiger partial charge in [0, 0.05) is 26.2 Å². The Morgan fingerprint density at radius 3 is 2.52 bits per heavy atom. The number of carbonyl (C=O) groups is 1. The molecule has 0 spiro atoms. The molecule has 1 aliphatic carbocycles. The molecule has 1 N–H and O–H groups in total. The lowest BCUT2D eigenvalue weighted by atomic mass is 9.89. The van der Waals surface area contributed by atoms with Gasteiger partial charge >= 0.3 is 0 Å². The Hall–Kier alpha value is -1.09. The summed E-state index contributed by atoms with van der Waals surface area (Å²) in [7, 11) is -3.73. The summed E-state index contributed by atoms with van der Waals surface area (Å²) in [5.74, 6) is 1.44. The van der Waals surface area contributed by atoms with Gasteiger partial charge < -0.3 is 9.80 Å². The van der Waals surface area contributed by atoms with E-state index in [1.807, 2.05) is 11.2 Å². The summed E-state index contributed by atoms with van der Waals surface area (Å²) in [4.78, 5) is 17.9. The van der Waals surface area contributed by atoms with Crippen LogP contribution in [-0.4, -0.2) is 74.9 Å². The molecule has 3 rings (SSSR count). The van der Waals surface area contributed by atoms with Crippen molar-refractivity contribution in [2.75, 3.05) is 44.7 Å². The molecule has 1 aliphatic heterocycles. The zero-order valence-corrected chi connectivity index (χ0v) is 20.3. The molecule has 1 unspecified atom stereocenters. The number of benzene rings is 1. The topological polar surface area (TPSA) is 69.7 Å². The average Bonchev–Trinajstić information content (AvgIpc) is 3.03. The van der Waals surface area contributed by atoms with Crippen molar-refractivity contribution in [3.05, 3.63) is 30.3 Å². The van der Waals surface area contributed by atoms with Crippen LogP contribution in [0.5, 0.6) is 0 Å². The highest BCUT2D eigenvalue weighted by molar-refractivity contribution is 7.98. The molecule has 6 nitrogen and oxygen atoms in total. The molecule has 1 saturated carbocycles. The first-order valence-corrected chi connectivity index (χ1v) is 14.4. The van der Waals surface area contributed by atoms with Crippen molar-refractivity contribution < 1.29 is 13.2 Å². The number of carbonyl (C=O) groups excluding carboxylic acids is 1. The van der Waals surface area contributed by atoms with E-state index < -0.39 is 16.1 Å². The predicted octanol–water partition coefficient (Wildman–Crippen LogP) is 3.20. The standard InChI is InChI=1S/C23H37N3O3S2/c1-30-18-13-22(24-31(28,29)21-11-6-3-7-12-21)23(27)26-15-8-14-25(16-17-26)19-20-9-4-2-5-10-20/h3,6-7,11-12,20,22,24H,2,4-5,8-10,13-19H2,1H3. The Morgan fingerprint density at radius 2 is 1.81 bits per heavy atom. The van der Waals surface area contributed by atoms with Crippen LogP contribution in [0.3, 0.4) is 0 Å². The van der Waals surface area contributed by atoms with Crippen molar-refractivity contribution in [1.29, 1.82) is 0 Å². The fraction of sp³-hybridized carbons (Fsp3) is 0.696. The van der Waals surface area contributed by atoms with E-state index in [1.54, 1.807) is 42.1 Å². The first kappa shape index (κ1) is 24.6. The van der Waals surface area contributed by atoms with Gasteiger partial charge in [0.2, 0.25) is 15.9 Å². The van der Waals surface area contributed by atoms with Gasteiger partial charge in [0.15, 0.2) is 0 Å². The minimum atomic E-state index is -3.73. The zero-order chi connectivity index (χ0) is 22.1. The molecule has 1 aromatic carbocycles. The van der Waals surface area contributed by atoms with Gasteiger partial charge in [0.1, 0.15) is 6.04 Å². The van der Waals surface area contributed by atoms with E-state index >= 15 is 0 Å². The van der Waals surface area contributed by atoms with Crippen molar-refractivity contribution in [2.45, 2.75) is 55.9 Å². The van der Waals surface area contributed by atoms with Gasteiger partial charge in [-0.25, -0.2) is 8.42 Å². The number of hydrogen-bond acceptors (Lipinski definition) is 5. The highest BCUT2D eigenvalue weighted by atomic mass is 32.2.